The summed E-state index contributed by atoms with van der Waals surface area (Å²) in [5, 5.41) is 2.64. The Morgan fingerprint density at radius 2 is 2.14 bits per heavy atom. The minimum atomic E-state index is -0.316. The van der Waals surface area contributed by atoms with Crippen molar-refractivity contribution in [3.63, 3.8) is 0 Å². The molecule has 0 aliphatic carbocycles. The lowest BCUT2D eigenvalue weighted by Crippen LogP contribution is -2.30. The minimum Gasteiger partial charge on any atom is -0.469 e. The Balaban J connectivity index is 3.69. The third-order valence-electron chi connectivity index (χ3n) is 1.75. The zero-order valence-corrected chi connectivity index (χ0v) is 8.87. The van der Waals surface area contributed by atoms with Gasteiger partial charge in [0.05, 0.1) is 19.4 Å². The summed E-state index contributed by atoms with van der Waals surface area (Å²) >= 11 is 0. The lowest BCUT2D eigenvalue weighted by molar-refractivity contribution is -0.140. The maximum atomic E-state index is 11.3. The standard InChI is InChI=1S/C10H17NO3/c1-4-5-8(2)10(13)11-7-6-9(12)14-3/h4-5,8H,6-7H2,1-3H3,(H,11,13). The monoisotopic (exact) mass is 199 g/mol. The van der Waals surface area contributed by atoms with Crippen LogP contribution < -0.4 is 5.32 Å². The summed E-state index contributed by atoms with van der Waals surface area (Å²) in [6, 6.07) is 0. The first-order chi connectivity index (χ1) is 6.61. The van der Waals surface area contributed by atoms with E-state index in [1.54, 1.807) is 13.0 Å². The number of carbonyl (C=O) groups is 2. The second-order valence-electron chi connectivity index (χ2n) is 2.93. The van der Waals surface area contributed by atoms with E-state index in [0.717, 1.165) is 0 Å². The van der Waals surface area contributed by atoms with Gasteiger partial charge in [0.25, 0.3) is 0 Å². The van der Waals surface area contributed by atoms with Gasteiger partial charge in [-0.1, -0.05) is 19.1 Å². The van der Waals surface area contributed by atoms with Crippen LogP contribution in [0.2, 0.25) is 0 Å². The number of esters is 1. The summed E-state index contributed by atoms with van der Waals surface area (Å²) in [4.78, 5) is 22.0. The maximum Gasteiger partial charge on any atom is 0.307 e. The van der Waals surface area contributed by atoms with Gasteiger partial charge in [-0.2, -0.15) is 0 Å². The van der Waals surface area contributed by atoms with E-state index in [0.29, 0.717) is 6.54 Å². The minimum absolute atomic E-state index is 0.0768. The highest BCUT2D eigenvalue weighted by Crippen LogP contribution is 1.96. The molecule has 0 saturated heterocycles. The lowest BCUT2D eigenvalue weighted by Gasteiger charge is -2.07. The molecule has 4 nitrogen and oxygen atoms in total. The van der Waals surface area contributed by atoms with Crippen LogP contribution in [0, 0.1) is 5.92 Å². The predicted molar refractivity (Wildman–Crippen MR) is 53.6 cm³/mol. The van der Waals surface area contributed by atoms with E-state index in [4.69, 9.17) is 0 Å². The molecule has 1 unspecified atom stereocenters. The number of allylic oxidation sites excluding steroid dienone is 1. The van der Waals surface area contributed by atoms with Crippen molar-refractivity contribution in [2.75, 3.05) is 13.7 Å². The van der Waals surface area contributed by atoms with Gasteiger partial charge in [-0.3, -0.25) is 9.59 Å². The molecular weight excluding hydrogens is 182 g/mol. The molecule has 0 radical (unpaired) electrons. The van der Waals surface area contributed by atoms with Gasteiger partial charge in [0.1, 0.15) is 0 Å². The molecule has 0 aromatic carbocycles. The van der Waals surface area contributed by atoms with Crippen molar-refractivity contribution < 1.29 is 14.3 Å². The molecule has 0 heterocycles. The second kappa shape index (κ2) is 7.12. The third-order valence-corrected chi connectivity index (χ3v) is 1.75. The molecule has 0 aromatic rings. The molecule has 0 fully saturated rings. The number of amides is 1. The molecule has 14 heavy (non-hydrogen) atoms. The van der Waals surface area contributed by atoms with Gasteiger partial charge in [0.2, 0.25) is 5.91 Å². The normalized spacial score (nSPS) is 12.5. The molecule has 1 N–H and O–H groups in total. The number of hydrogen-bond acceptors (Lipinski definition) is 3. The molecule has 4 heteroatoms. The molecule has 0 aliphatic heterocycles. The average molecular weight is 199 g/mol. The average Bonchev–Trinajstić information content (AvgIpc) is 2.17. The fraction of sp³-hybridized carbons (Fsp3) is 0.600. The summed E-state index contributed by atoms with van der Waals surface area (Å²) < 4.78 is 4.44. The van der Waals surface area contributed by atoms with Gasteiger partial charge in [0, 0.05) is 6.54 Å². The Morgan fingerprint density at radius 1 is 1.50 bits per heavy atom. The van der Waals surface area contributed by atoms with Crippen LogP contribution in [0.15, 0.2) is 12.2 Å². The molecule has 0 spiro atoms. The first-order valence-electron chi connectivity index (χ1n) is 4.59. The molecule has 0 aliphatic rings. The molecule has 0 aromatic heterocycles. The fourth-order valence-electron chi connectivity index (χ4n) is 0.927. The summed E-state index contributed by atoms with van der Waals surface area (Å²) in [5.41, 5.74) is 0. The quantitative estimate of drug-likeness (QED) is 0.528. The summed E-state index contributed by atoms with van der Waals surface area (Å²) in [7, 11) is 1.33. The van der Waals surface area contributed by atoms with Gasteiger partial charge < -0.3 is 10.1 Å². The van der Waals surface area contributed by atoms with E-state index < -0.39 is 0 Å². The smallest absolute Gasteiger partial charge is 0.307 e. The number of hydrogen-bond donors (Lipinski definition) is 1. The van der Waals surface area contributed by atoms with E-state index in [2.05, 4.69) is 10.1 Å². The highest BCUT2D eigenvalue weighted by atomic mass is 16.5. The topological polar surface area (TPSA) is 55.4 Å². The lowest BCUT2D eigenvalue weighted by atomic mass is 10.1. The van der Waals surface area contributed by atoms with Crippen molar-refractivity contribution in [1.29, 1.82) is 0 Å². The first-order valence-corrected chi connectivity index (χ1v) is 4.59. The largest absolute Gasteiger partial charge is 0.469 e. The first kappa shape index (κ1) is 12.7. The SMILES string of the molecule is CC=CC(C)C(=O)NCCC(=O)OC. The van der Waals surface area contributed by atoms with Crippen LogP contribution in [0.4, 0.5) is 0 Å². The molecule has 1 amide bonds. The van der Waals surface area contributed by atoms with Crippen molar-refractivity contribution in [2.45, 2.75) is 20.3 Å². The number of methoxy groups -OCH3 is 1. The molecule has 0 rings (SSSR count). The predicted octanol–water partition coefficient (Wildman–Crippen LogP) is 0.878. The van der Waals surface area contributed by atoms with Gasteiger partial charge in [-0.15, -0.1) is 0 Å². The summed E-state index contributed by atoms with van der Waals surface area (Å²) in [6.45, 7) is 3.99. The fourth-order valence-corrected chi connectivity index (χ4v) is 0.927. The van der Waals surface area contributed by atoms with Gasteiger partial charge >= 0.3 is 5.97 Å². The number of rotatable bonds is 5. The molecular formula is C10H17NO3. The van der Waals surface area contributed by atoms with E-state index in [1.165, 1.54) is 7.11 Å². The van der Waals surface area contributed by atoms with Gasteiger partial charge in [-0.25, -0.2) is 0 Å². The Kier molecular flexibility index (Phi) is 6.45. The van der Waals surface area contributed by atoms with Crippen LogP contribution in [0.5, 0.6) is 0 Å². The van der Waals surface area contributed by atoms with E-state index in [1.807, 2.05) is 13.0 Å². The van der Waals surface area contributed by atoms with Crippen molar-refractivity contribution in [2.24, 2.45) is 5.92 Å². The molecule has 0 saturated carbocycles. The van der Waals surface area contributed by atoms with Gasteiger partial charge in [-0.05, 0) is 6.92 Å². The van der Waals surface area contributed by atoms with Crippen LogP contribution in [-0.2, 0) is 14.3 Å². The zero-order chi connectivity index (χ0) is 11.0. The van der Waals surface area contributed by atoms with E-state index in [-0.39, 0.29) is 24.2 Å². The second-order valence-corrected chi connectivity index (χ2v) is 2.93. The molecule has 0 bridgehead atoms. The van der Waals surface area contributed by atoms with Gasteiger partial charge in [0.15, 0.2) is 0 Å². The van der Waals surface area contributed by atoms with Crippen molar-refractivity contribution in [3.05, 3.63) is 12.2 Å². The van der Waals surface area contributed by atoms with E-state index in [9.17, 15) is 9.59 Å². The van der Waals surface area contributed by atoms with Crippen molar-refractivity contribution in [1.82, 2.24) is 5.32 Å². The highest BCUT2D eigenvalue weighted by Gasteiger charge is 2.08. The zero-order valence-electron chi connectivity index (χ0n) is 8.87. The Hall–Kier alpha value is -1.32. The van der Waals surface area contributed by atoms with Crippen LogP contribution in [-0.4, -0.2) is 25.5 Å². The van der Waals surface area contributed by atoms with Crippen molar-refractivity contribution >= 4 is 11.9 Å². The Bertz CT molecular complexity index is 223. The summed E-state index contributed by atoms with van der Waals surface area (Å²) in [6.07, 6.45) is 3.84. The van der Waals surface area contributed by atoms with E-state index >= 15 is 0 Å². The number of carbonyl (C=O) groups excluding carboxylic acids is 2. The highest BCUT2D eigenvalue weighted by molar-refractivity contribution is 5.80. The van der Waals surface area contributed by atoms with Crippen LogP contribution in [0.3, 0.4) is 0 Å². The van der Waals surface area contributed by atoms with Crippen LogP contribution in [0.25, 0.3) is 0 Å². The third kappa shape index (κ3) is 5.35. The number of ether oxygens (including phenoxy) is 1. The molecule has 80 valence electrons. The van der Waals surface area contributed by atoms with Crippen molar-refractivity contribution in [3.8, 4) is 0 Å². The Morgan fingerprint density at radius 3 is 2.64 bits per heavy atom. The molecule has 1 atom stereocenters. The number of nitrogens with one attached hydrogen (secondary N) is 1. The Labute approximate surface area is 84.3 Å². The maximum absolute atomic E-state index is 11.3. The van der Waals surface area contributed by atoms with Crippen LogP contribution >= 0.6 is 0 Å². The summed E-state index contributed by atoms with van der Waals surface area (Å²) in [5.74, 6) is -0.548. The van der Waals surface area contributed by atoms with Crippen LogP contribution in [0.1, 0.15) is 20.3 Å².